The summed E-state index contributed by atoms with van der Waals surface area (Å²) in [6, 6.07) is 6.18. The molecule has 0 bridgehead atoms. The summed E-state index contributed by atoms with van der Waals surface area (Å²) >= 11 is 0. The lowest BCUT2D eigenvalue weighted by Crippen LogP contribution is -2.54. The van der Waals surface area contributed by atoms with Gasteiger partial charge in [0.1, 0.15) is 5.75 Å². The summed E-state index contributed by atoms with van der Waals surface area (Å²) in [7, 11) is 1.66. The molecule has 1 aromatic carbocycles. The van der Waals surface area contributed by atoms with E-state index < -0.39 is 11.7 Å². The van der Waals surface area contributed by atoms with Gasteiger partial charge in [-0.15, -0.1) is 0 Å². The quantitative estimate of drug-likeness (QED) is 0.797. The van der Waals surface area contributed by atoms with E-state index >= 15 is 0 Å². The molecule has 0 aromatic heterocycles. The highest BCUT2D eigenvalue weighted by Gasteiger charge is 2.54. The summed E-state index contributed by atoms with van der Waals surface area (Å²) in [6.45, 7) is 0.285. The Morgan fingerprint density at radius 2 is 2.04 bits per heavy atom. The van der Waals surface area contributed by atoms with Gasteiger partial charge in [0.15, 0.2) is 0 Å². The normalized spacial score (nSPS) is 25.1. The first-order valence-corrected chi connectivity index (χ1v) is 8.37. The zero-order valence-corrected chi connectivity index (χ0v) is 13.6. The van der Waals surface area contributed by atoms with Crippen LogP contribution in [0.15, 0.2) is 18.2 Å². The van der Waals surface area contributed by atoms with E-state index in [-0.39, 0.29) is 12.0 Å². The van der Waals surface area contributed by atoms with E-state index in [1.807, 2.05) is 6.07 Å². The van der Waals surface area contributed by atoms with Crippen molar-refractivity contribution in [3.05, 3.63) is 29.3 Å². The zero-order valence-electron chi connectivity index (χ0n) is 13.6. The number of rotatable bonds is 4. The van der Waals surface area contributed by atoms with Crippen LogP contribution in [0.1, 0.15) is 49.7 Å². The summed E-state index contributed by atoms with van der Waals surface area (Å²) < 4.78 is 5.39. The van der Waals surface area contributed by atoms with Crippen molar-refractivity contribution in [2.45, 2.75) is 56.0 Å². The van der Waals surface area contributed by atoms with Crippen molar-refractivity contribution in [1.82, 2.24) is 5.32 Å². The smallest absolute Gasteiger partial charge is 0.404 e. The van der Waals surface area contributed by atoms with Crippen molar-refractivity contribution >= 4 is 6.09 Å². The molecule has 1 amide bonds. The Morgan fingerprint density at radius 1 is 1.30 bits per heavy atom. The average Bonchev–Trinajstić information content (AvgIpc) is 3.02. The van der Waals surface area contributed by atoms with Crippen LogP contribution in [0.4, 0.5) is 4.79 Å². The number of ether oxygens (including phenoxy) is 1. The van der Waals surface area contributed by atoms with Gasteiger partial charge >= 0.3 is 6.09 Å². The maximum absolute atomic E-state index is 11.5. The van der Waals surface area contributed by atoms with Gasteiger partial charge < -0.3 is 20.3 Å². The Hall–Kier alpha value is -1.75. The second-order valence-corrected chi connectivity index (χ2v) is 6.83. The van der Waals surface area contributed by atoms with E-state index in [4.69, 9.17) is 9.84 Å². The van der Waals surface area contributed by atoms with Crippen LogP contribution in [0, 0.1) is 0 Å². The van der Waals surface area contributed by atoms with Crippen LogP contribution in [0.5, 0.6) is 5.75 Å². The molecule has 1 spiro atoms. The number of amides is 1. The average molecular weight is 319 g/mol. The summed E-state index contributed by atoms with van der Waals surface area (Å²) in [6.07, 6.45) is 5.05. The molecule has 5 heteroatoms. The number of aliphatic hydroxyl groups is 1. The van der Waals surface area contributed by atoms with E-state index in [0.29, 0.717) is 12.8 Å². The molecule has 1 aromatic rings. The summed E-state index contributed by atoms with van der Waals surface area (Å²) in [4.78, 5) is 10.7. The van der Waals surface area contributed by atoms with Crippen LogP contribution in [-0.2, 0) is 11.8 Å². The van der Waals surface area contributed by atoms with Crippen LogP contribution >= 0.6 is 0 Å². The van der Waals surface area contributed by atoms with Crippen molar-refractivity contribution in [3.8, 4) is 5.75 Å². The molecule has 1 atom stereocenters. The Bertz CT molecular complexity index is 595. The zero-order chi connectivity index (χ0) is 16.5. The van der Waals surface area contributed by atoms with E-state index in [9.17, 15) is 9.90 Å². The topological polar surface area (TPSA) is 78.8 Å². The lowest BCUT2D eigenvalue weighted by Gasteiger charge is -2.50. The number of nitrogens with one attached hydrogen (secondary N) is 1. The Morgan fingerprint density at radius 3 is 2.70 bits per heavy atom. The highest BCUT2D eigenvalue weighted by Crippen LogP contribution is 2.55. The standard InChI is InChI=1S/C18H25NO4/c1-23-14-5-4-13-6-9-18(22,10-11-19-16(20)21)17(15(13)12-14)7-2-3-8-17/h4-5,12,19,22H,2-3,6-11H2,1H3,(H,20,21). The number of fused-ring (bicyclic) bond motifs is 2. The lowest BCUT2D eigenvalue weighted by atomic mass is 9.58. The minimum absolute atomic E-state index is 0.269. The highest BCUT2D eigenvalue weighted by atomic mass is 16.5. The van der Waals surface area contributed by atoms with Crippen LogP contribution in [0.3, 0.4) is 0 Å². The van der Waals surface area contributed by atoms with Crippen LogP contribution in [0.2, 0.25) is 0 Å². The van der Waals surface area contributed by atoms with Gasteiger partial charge in [0, 0.05) is 12.0 Å². The van der Waals surface area contributed by atoms with E-state index in [1.54, 1.807) is 7.11 Å². The van der Waals surface area contributed by atoms with Crippen molar-refractivity contribution in [2.75, 3.05) is 13.7 Å². The molecular weight excluding hydrogens is 294 g/mol. The molecular formula is C18H25NO4. The minimum atomic E-state index is -1.04. The van der Waals surface area contributed by atoms with Crippen molar-refractivity contribution in [2.24, 2.45) is 0 Å². The van der Waals surface area contributed by atoms with Crippen molar-refractivity contribution in [3.63, 3.8) is 0 Å². The molecule has 2 aliphatic carbocycles. The minimum Gasteiger partial charge on any atom is -0.497 e. The van der Waals surface area contributed by atoms with Crippen molar-refractivity contribution < 1.29 is 19.7 Å². The molecule has 1 fully saturated rings. The molecule has 23 heavy (non-hydrogen) atoms. The fraction of sp³-hybridized carbons (Fsp3) is 0.611. The number of hydrogen-bond acceptors (Lipinski definition) is 3. The first-order valence-electron chi connectivity index (χ1n) is 8.37. The van der Waals surface area contributed by atoms with E-state index in [0.717, 1.165) is 37.9 Å². The SMILES string of the molecule is COc1ccc2c(c1)C1(CCCC1)C(O)(CCNC(=O)O)CC2. The number of benzene rings is 1. The summed E-state index contributed by atoms with van der Waals surface area (Å²) in [5.74, 6) is 0.822. The van der Waals surface area contributed by atoms with Crippen LogP contribution in [0.25, 0.3) is 0 Å². The third kappa shape index (κ3) is 2.67. The molecule has 0 heterocycles. The maximum Gasteiger partial charge on any atom is 0.404 e. The number of carboxylic acid groups (broad SMARTS) is 1. The Labute approximate surface area is 136 Å². The summed E-state index contributed by atoms with van der Waals surface area (Å²) in [5, 5.41) is 22.7. The van der Waals surface area contributed by atoms with Crippen LogP contribution < -0.4 is 10.1 Å². The van der Waals surface area contributed by atoms with Crippen molar-refractivity contribution in [1.29, 1.82) is 0 Å². The van der Waals surface area contributed by atoms with Gasteiger partial charge in [-0.05, 0) is 55.4 Å². The summed E-state index contributed by atoms with van der Waals surface area (Å²) in [5.41, 5.74) is 1.38. The largest absolute Gasteiger partial charge is 0.497 e. The molecule has 0 aliphatic heterocycles. The van der Waals surface area contributed by atoms with Gasteiger partial charge in [-0.25, -0.2) is 4.79 Å². The Kier molecular flexibility index (Phi) is 4.23. The van der Waals surface area contributed by atoms with Gasteiger partial charge in [0.05, 0.1) is 12.7 Å². The number of hydrogen-bond donors (Lipinski definition) is 3. The lowest BCUT2D eigenvalue weighted by molar-refractivity contribution is -0.0591. The van der Waals surface area contributed by atoms with Gasteiger partial charge in [-0.2, -0.15) is 0 Å². The number of methoxy groups -OCH3 is 1. The predicted molar refractivity (Wildman–Crippen MR) is 87.1 cm³/mol. The monoisotopic (exact) mass is 319 g/mol. The predicted octanol–water partition coefficient (Wildman–Crippen LogP) is 2.84. The van der Waals surface area contributed by atoms with Gasteiger partial charge in [-0.1, -0.05) is 18.9 Å². The molecule has 3 rings (SSSR count). The second-order valence-electron chi connectivity index (χ2n) is 6.83. The molecule has 1 unspecified atom stereocenters. The van der Waals surface area contributed by atoms with E-state index in [1.165, 1.54) is 11.1 Å². The third-order valence-corrected chi connectivity index (χ3v) is 5.80. The molecule has 1 saturated carbocycles. The van der Waals surface area contributed by atoms with Gasteiger partial charge in [0.2, 0.25) is 0 Å². The van der Waals surface area contributed by atoms with E-state index in [2.05, 4.69) is 17.4 Å². The van der Waals surface area contributed by atoms with Gasteiger partial charge in [0.25, 0.3) is 0 Å². The molecule has 0 radical (unpaired) electrons. The highest BCUT2D eigenvalue weighted by molar-refractivity contribution is 5.64. The first-order chi connectivity index (χ1) is 11.0. The van der Waals surface area contributed by atoms with Crippen LogP contribution in [-0.4, -0.2) is 35.6 Å². The molecule has 5 nitrogen and oxygen atoms in total. The third-order valence-electron chi connectivity index (χ3n) is 5.80. The number of carbonyl (C=O) groups is 1. The molecule has 3 N–H and O–H groups in total. The molecule has 2 aliphatic rings. The van der Waals surface area contributed by atoms with Gasteiger partial charge in [-0.3, -0.25) is 0 Å². The first kappa shape index (κ1) is 16.1. The fourth-order valence-electron chi connectivity index (χ4n) is 4.63. The second kappa shape index (κ2) is 6.04. The maximum atomic E-state index is 11.5. The Balaban J connectivity index is 1.96. The fourth-order valence-corrected chi connectivity index (χ4v) is 4.63. The molecule has 0 saturated heterocycles. The molecule has 126 valence electrons. The number of aryl methyl sites for hydroxylation is 1.